The minimum Gasteiger partial charge on any atom is -0.337 e. The van der Waals surface area contributed by atoms with Crippen molar-refractivity contribution in [2.24, 2.45) is 7.05 Å². The highest BCUT2D eigenvalue weighted by Gasteiger charge is 2.27. The summed E-state index contributed by atoms with van der Waals surface area (Å²) in [4.78, 5) is 53.7. The molecule has 4 rings (SSSR count). The number of benzene rings is 1. The second kappa shape index (κ2) is 6.91. The quantitative estimate of drug-likeness (QED) is 0.685. The number of carbonyl (C=O) groups excluding carboxylic acids is 1. The first-order valence-electron chi connectivity index (χ1n) is 9.03. The van der Waals surface area contributed by atoms with Gasteiger partial charge in [0.15, 0.2) is 0 Å². The third-order valence-corrected chi connectivity index (χ3v) is 5.13. The number of likely N-dealkylation sites (tertiary alicyclic amines) is 1. The molecule has 1 aliphatic rings. The predicted octanol–water partition coefficient (Wildman–Crippen LogP) is 0.261. The van der Waals surface area contributed by atoms with Crippen molar-refractivity contribution in [2.75, 3.05) is 13.1 Å². The first-order valence-corrected chi connectivity index (χ1v) is 9.03. The highest BCUT2D eigenvalue weighted by atomic mass is 16.2. The topological polar surface area (TPSA) is 110 Å². The normalized spacial score (nSPS) is 15.1. The molecule has 0 spiro atoms. The first-order chi connectivity index (χ1) is 13.5. The number of hydrogen-bond donors (Lipinski definition) is 1. The van der Waals surface area contributed by atoms with E-state index in [0.717, 1.165) is 4.68 Å². The molecule has 28 heavy (non-hydrogen) atoms. The minimum atomic E-state index is -0.437. The molecule has 0 radical (unpaired) electrons. The van der Waals surface area contributed by atoms with Crippen LogP contribution >= 0.6 is 0 Å². The minimum absolute atomic E-state index is 0.196. The molecule has 0 aliphatic carbocycles. The lowest BCUT2D eigenvalue weighted by Crippen LogP contribution is -2.45. The number of nitrogens with one attached hydrogen (secondary N) is 1. The first kappa shape index (κ1) is 17.9. The molecule has 3 heterocycles. The van der Waals surface area contributed by atoms with Crippen molar-refractivity contribution in [3.8, 4) is 0 Å². The van der Waals surface area contributed by atoms with E-state index in [0.29, 0.717) is 36.8 Å². The van der Waals surface area contributed by atoms with Gasteiger partial charge in [0.25, 0.3) is 17.0 Å². The fourth-order valence-corrected chi connectivity index (χ4v) is 3.61. The molecule has 1 aliphatic heterocycles. The van der Waals surface area contributed by atoms with Crippen molar-refractivity contribution in [2.45, 2.75) is 18.9 Å². The van der Waals surface area contributed by atoms with Crippen LogP contribution in [0.25, 0.3) is 10.9 Å². The molecule has 9 heteroatoms. The van der Waals surface area contributed by atoms with Crippen LogP contribution in [0.2, 0.25) is 0 Å². The molecule has 1 saturated heterocycles. The standard InChI is InChI=1S/C19H19N5O4/c1-22-16(25)7-6-15(21-22)18(27)23-10-8-12(9-11-23)24-17(26)13-4-2-3-5-14(13)20-19(24)28/h2-7,12H,8-11H2,1H3,(H,20,28). The van der Waals surface area contributed by atoms with Gasteiger partial charge in [0, 0.05) is 32.2 Å². The zero-order valence-electron chi connectivity index (χ0n) is 15.3. The van der Waals surface area contributed by atoms with Crippen molar-refractivity contribution in [3.63, 3.8) is 0 Å². The van der Waals surface area contributed by atoms with Crippen molar-refractivity contribution in [3.05, 3.63) is 73.3 Å². The second-order valence-corrected chi connectivity index (χ2v) is 6.85. The Morgan fingerprint density at radius 3 is 2.50 bits per heavy atom. The van der Waals surface area contributed by atoms with Gasteiger partial charge in [-0.25, -0.2) is 9.48 Å². The molecule has 0 bridgehead atoms. The highest BCUT2D eigenvalue weighted by molar-refractivity contribution is 5.92. The third-order valence-electron chi connectivity index (χ3n) is 5.13. The molecular weight excluding hydrogens is 362 g/mol. The van der Waals surface area contributed by atoms with Crippen molar-refractivity contribution in [1.82, 2.24) is 24.2 Å². The van der Waals surface area contributed by atoms with Crippen LogP contribution in [-0.4, -0.2) is 43.2 Å². The number of fused-ring (bicyclic) bond motifs is 1. The van der Waals surface area contributed by atoms with Gasteiger partial charge in [-0.2, -0.15) is 5.10 Å². The number of amides is 1. The molecule has 0 saturated carbocycles. The lowest BCUT2D eigenvalue weighted by molar-refractivity contribution is 0.0683. The number of aromatic nitrogens is 4. The molecule has 1 amide bonds. The maximum Gasteiger partial charge on any atom is 0.329 e. The third kappa shape index (κ3) is 3.04. The van der Waals surface area contributed by atoms with E-state index in [9.17, 15) is 19.2 Å². The van der Waals surface area contributed by atoms with E-state index in [1.165, 1.54) is 23.7 Å². The Bertz CT molecular complexity index is 1230. The Balaban J connectivity index is 1.56. The summed E-state index contributed by atoms with van der Waals surface area (Å²) < 4.78 is 2.38. The number of rotatable bonds is 2. The van der Waals surface area contributed by atoms with Gasteiger partial charge >= 0.3 is 5.69 Å². The number of hydrogen-bond acceptors (Lipinski definition) is 5. The summed E-state index contributed by atoms with van der Waals surface area (Å²) in [7, 11) is 1.49. The van der Waals surface area contributed by atoms with Crippen LogP contribution in [0.1, 0.15) is 29.4 Å². The van der Waals surface area contributed by atoms with E-state index in [1.807, 2.05) is 0 Å². The number of piperidine rings is 1. The molecule has 0 atom stereocenters. The monoisotopic (exact) mass is 381 g/mol. The van der Waals surface area contributed by atoms with E-state index < -0.39 is 5.69 Å². The number of H-pyrrole nitrogens is 1. The van der Waals surface area contributed by atoms with Gasteiger partial charge in [-0.15, -0.1) is 0 Å². The average Bonchev–Trinajstić information content (AvgIpc) is 2.70. The summed E-state index contributed by atoms with van der Waals surface area (Å²) in [5, 5.41) is 4.46. The van der Waals surface area contributed by atoms with Crippen LogP contribution in [0.5, 0.6) is 0 Å². The molecule has 1 N–H and O–H groups in total. The molecule has 2 aromatic heterocycles. The number of carbonyl (C=O) groups is 1. The Labute approximate surface area is 158 Å². The summed E-state index contributed by atoms with van der Waals surface area (Å²) in [6, 6.07) is 9.35. The van der Waals surface area contributed by atoms with Crippen LogP contribution in [-0.2, 0) is 7.05 Å². The van der Waals surface area contributed by atoms with Crippen LogP contribution < -0.4 is 16.8 Å². The van der Waals surface area contributed by atoms with Crippen LogP contribution in [0.3, 0.4) is 0 Å². The summed E-state index contributed by atoms with van der Waals surface area (Å²) in [6.45, 7) is 0.791. The maximum absolute atomic E-state index is 12.8. The van der Waals surface area contributed by atoms with E-state index >= 15 is 0 Å². The van der Waals surface area contributed by atoms with Crippen LogP contribution in [0, 0.1) is 0 Å². The number of aromatic amines is 1. The summed E-state index contributed by atoms with van der Waals surface area (Å²) >= 11 is 0. The Morgan fingerprint density at radius 1 is 1.07 bits per heavy atom. The van der Waals surface area contributed by atoms with Gasteiger partial charge in [-0.1, -0.05) is 12.1 Å². The fraction of sp³-hybridized carbons (Fsp3) is 0.316. The van der Waals surface area contributed by atoms with Gasteiger partial charge in [0.1, 0.15) is 5.69 Å². The maximum atomic E-state index is 12.8. The number of para-hydroxylation sites is 1. The van der Waals surface area contributed by atoms with Crippen molar-refractivity contribution < 1.29 is 4.79 Å². The molecule has 3 aromatic rings. The number of nitrogens with zero attached hydrogens (tertiary/aromatic N) is 4. The van der Waals surface area contributed by atoms with Crippen LogP contribution in [0.4, 0.5) is 0 Å². The van der Waals surface area contributed by atoms with Gasteiger partial charge in [-0.05, 0) is 31.0 Å². The lowest BCUT2D eigenvalue weighted by atomic mass is 10.0. The average molecular weight is 381 g/mol. The second-order valence-electron chi connectivity index (χ2n) is 6.85. The Hall–Kier alpha value is -3.49. The zero-order chi connectivity index (χ0) is 19.8. The van der Waals surface area contributed by atoms with E-state index in [-0.39, 0.29) is 28.8 Å². The van der Waals surface area contributed by atoms with Gasteiger partial charge in [0.2, 0.25) is 0 Å². The molecular formula is C19H19N5O4. The van der Waals surface area contributed by atoms with Gasteiger partial charge in [0.05, 0.1) is 10.9 Å². The SMILES string of the molecule is Cn1nc(C(=O)N2CCC(n3c(=O)[nH]c4ccccc4c3=O)CC2)ccc1=O. The van der Waals surface area contributed by atoms with Crippen LogP contribution in [0.15, 0.2) is 50.8 Å². The van der Waals surface area contributed by atoms with E-state index in [2.05, 4.69) is 10.1 Å². The highest BCUT2D eigenvalue weighted by Crippen LogP contribution is 2.21. The lowest BCUT2D eigenvalue weighted by Gasteiger charge is -2.32. The Morgan fingerprint density at radius 2 is 1.79 bits per heavy atom. The smallest absolute Gasteiger partial charge is 0.329 e. The predicted molar refractivity (Wildman–Crippen MR) is 102 cm³/mol. The summed E-state index contributed by atoms with van der Waals surface area (Å²) in [6.07, 6.45) is 0.970. The van der Waals surface area contributed by atoms with E-state index in [4.69, 9.17) is 0 Å². The Kier molecular flexibility index (Phi) is 4.42. The molecule has 144 valence electrons. The zero-order valence-corrected chi connectivity index (χ0v) is 15.3. The largest absolute Gasteiger partial charge is 0.337 e. The summed E-state index contributed by atoms with van der Waals surface area (Å²) in [5.74, 6) is -0.270. The number of aryl methyl sites for hydroxylation is 1. The van der Waals surface area contributed by atoms with Crippen molar-refractivity contribution in [1.29, 1.82) is 0 Å². The molecule has 1 fully saturated rings. The van der Waals surface area contributed by atoms with Gasteiger partial charge in [-0.3, -0.25) is 19.0 Å². The molecule has 1 aromatic carbocycles. The fourth-order valence-electron chi connectivity index (χ4n) is 3.61. The summed E-state index contributed by atoms with van der Waals surface area (Å²) in [5.41, 5.74) is -0.328. The molecule has 9 nitrogen and oxygen atoms in total. The van der Waals surface area contributed by atoms with Gasteiger partial charge < -0.3 is 9.88 Å². The van der Waals surface area contributed by atoms with E-state index in [1.54, 1.807) is 29.2 Å². The molecule has 0 unspecified atom stereocenters. The van der Waals surface area contributed by atoms with Crippen molar-refractivity contribution >= 4 is 16.8 Å².